The van der Waals surface area contributed by atoms with E-state index in [0.717, 1.165) is 10.6 Å². The summed E-state index contributed by atoms with van der Waals surface area (Å²) in [5.74, 6) is 1.29. The van der Waals surface area contributed by atoms with Crippen molar-refractivity contribution in [2.24, 2.45) is 0 Å². The van der Waals surface area contributed by atoms with Gasteiger partial charge in [-0.05, 0) is 24.3 Å². The highest BCUT2D eigenvalue weighted by atomic mass is 32.2. The summed E-state index contributed by atoms with van der Waals surface area (Å²) in [4.78, 5) is 28.0. The highest BCUT2D eigenvalue weighted by Gasteiger charge is 2.02. The van der Waals surface area contributed by atoms with Gasteiger partial charge in [-0.15, -0.1) is 11.8 Å². The molecule has 0 radical (unpaired) electrons. The van der Waals surface area contributed by atoms with Crippen molar-refractivity contribution >= 4 is 11.8 Å². The van der Waals surface area contributed by atoms with Crippen molar-refractivity contribution in [1.29, 1.82) is 0 Å². The molecule has 6 heteroatoms. The second kappa shape index (κ2) is 5.59. The van der Waals surface area contributed by atoms with Crippen LogP contribution in [0.5, 0.6) is 5.75 Å². The van der Waals surface area contributed by atoms with Crippen molar-refractivity contribution in [3.63, 3.8) is 0 Å². The van der Waals surface area contributed by atoms with Crippen molar-refractivity contribution < 1.29 is 4.74 Å². The molecule has 0 amide bonds. The Hall–Kier alpha value is -1.95. The topological polar surface area (TPSA) is 75.0 Å². The van der Waals surface area contributed by atoms with Gasteiger partial charge in [-0.2, -0.15) is 0 Å². The van der Waals surface area contributed by atoms with E-state index < -0.39 is 5.69 Å². The molecule has 2 aromatic rings. The molecule has 94 valence electrons. The number of thioether (sulfide) groups is 1. The van der Waals surface area contributed by atoms with Gasteiger partial charge in [-0.1, -0.05) is 0 Å². The predicted octanol–water partition coefficient (Wildman–Crippen LogP) is 1.36. The number of aromatic nitrogens is 2. The monoisotopic (exact) mass is 264 g/mol. The van der Waals surface area contributed by atoms with Gasteiger partial charge in [0.1, 0.15) is 5.75 Å². The van der Waals surface area contributed by atoms with Crippen molar-refractivity contribution in [3.05, 3.63) is 56.9 Å². The molecular formula is C12H12N2O3S. The Labute approximate surface area is 107 Å². The van der Waals surface area contributed by atoms with Crippen LogP contribution in [0.1, 0.15) is 5.56 Å². The summed E-state index contributed by atoms with van der Waals surface area (Å²) in [6.07, 6.45) is 1.44. The standard InChI is InChI=1S/C12H12N2O3S/c1-17-9-2-4-10(5-3-9)18-7-8-6-13-12(16)14-11(8)15/h2-6H,7H2,1H3,(H2,13,14,15,16). The average Bonchev–Trinajstić information content (AvgIpc) is 2.38. The minimum absolute atomic E-state index is 0.347. The van der Waals surface area contributed by atoms with E-state index in [1.165, 1.54) is 18.0 Å². The molecule has 5 nitrogen and oxygen atoms in total. The van der Waals surface area contributed by atoms with Gasteiger partial charge in [0.05, 0.1) is 7.11 Å². The summed E-state index contributed by atoms with van der Waals surface area (Å²) in [7, 11) is 1.61. The Bertz CT molecular complexity index is 631. The first kappa shape index (κ1) is 12.5. The molecule has 1 aromatic carbocycles. The first-order valence-electron chi connectivity index (χ1n) is 5.27. The number of nitrogens with one attached hydrogen (secondary N) is 2. The third kappa shape index (κ3) is 3.04. The second-order valence-corrected chi connectivity index (χ2v) is 4.61. The lowest BCUT2D eigenvalue weighted by molar-refractivity contribution is 0.414. The van der Waals surface area contributed by atoms with Gasteiger partial charge in [0.2, 0.25) is 0 Å². The van der Waals surface area contributed by atoms with Gasteiger partial charge in [0.15, 0.2) is 0 Å². The van der Waals surface area contributed by atoms with E-state index in [2.05, 4.69) is 9.97 Å². The summed E-state index contributed by atoms with van der Waals surface area (Å²) >= 11 is 1.52. The third-order valence-corrected chi connectivity index (χ3v) is 3.41. The lowest BCUT2D eigenvalue weighted by atomic mass is 10.3. The first-order valence-corrected chi connectivity index (χ1v) is 6.25. The van der Waals surface area contributed by atoms with Crippen LogP contribution in [-0.4, -0.2) is 17.1 Å². The molecule has 0 aliphatic rings. The quantitative estimate of drug-likeness (QED) is 0.818. The Morgan fingerprint density at radius 3 is 2.56 bits per heavy atom. The fourth-order valence-electron chi connectivity index (χ4n) is 1.38. The van der Waals surface area contributed by atoms with Crippen LogP contribution in [-0.2, 0) is 5.75 Å². The van der Waals surface area contributed by atoms with E-state index in [4.69, 9.17) is 4.74 Å². The van der Waals surface area contributed by atoms with E-state index in [1.54, 1.807) is 7.11 Å². The molecule has 0 unspecified atom stereocenters. The first-order chi connectivity index (χ1) is 8.69. The zero-order chi connectivity index (χ0) is 13.0. The summed E-state index contributed by atoms with van der Waals surface area (Å²) in [6, 6.07) is 7.56. The van der Waals surface area contributed by atoms with Crippen LogP contribution in [0.2, 0.25) is 0 Å². The molecule has 0 saturated heterocycles. The fraction of sp³-hybridized carbons (Fsp3) is 0.167. The zero-order valence-electron chi connectivity index (χ0n) is 9.73. The maximum atomic E-state index is 11.5. The number of benzene rings is 1. The Morgan fingerprint density at radius 2 is 1.94 bits per heavy atom. The normalized spacial score (nSPS) is 10.3. The SMILES string of the molecule is COc1ccc(SCc2c[nH]c(=O)[nH]c2=O)cc1. The van der Waals surface area contributed by atoms with Gasteiger partial charge >= 0.3 is 5.69 Å². The molecule has 2 N–H and O–H groups in total. The summed E-state index contributed by atoms with van der Waals surface area (Å²) in [6.45, 7) is 0. The highest BCUT2D eigenvalue weighted by molar-refractivity contribution is 7.98. The molecule has 1 heterocycles. The number of aromatic amines is 2. The van der Waals surface area contributed by atoms with Gasteiger partial charge in [-0.3, -0.25) is 9.78 Å². The predicted molar refractivity (Wildman–Crippen MR) is 70.2 cm³/mol. The average molecular weight is 264 g/mol. The number of methoxy groups -OCH3 is 1. The lowest BCUT2D eigenvalue weighted by Gasteiger charge is -2.03. The molecule has 18 heavy (non-hydrogen) atoms. The Balaban J connectivity index is 2.06. The van der Waals surface area contributed by atoms with Gasteiger partial charge in [0, 0.05) is 22.4 Å². The fourth-order valence-corrected chi connectivity index (χ4v) is 2.24. The third-order valence-electron chi connectivity index (χ3n) is 2.35. The molecule has 0 bridgehead atoms. The van der Waals surface area contributed by atoms with E-state index in [9.17, 15) is 9.59 Å². The molecule has 0 fully saturated rings. The minimum atomic E-state index is -0.488. The van der Waals surface area contributed by atoms with Gasteiger partial charge in [0.25, 0.3) is 5.56 Å². The highest BCUT2D eigenvalue weighted by Crippen LogP contribution is 2.23. The molecular weight excluding hydrogens is 252 g/mol. The van der Waals surface area contributed by atoms with E-state index >= 15 is 0 Å². The Morgan fingerprint density at radius 1 is 1.22 bits per heavy atom. The van der Waals surface area contributed by atoms with Crippen LogP contribution in [0, 0.1) is 0 Å². The number of hydrogen-bond acceptors (Lipinski definition) is 4. The van der Waals surface area contributed by atoms with Crippen LogP contribution in [0.15, 0.2) is 44.9 Å². The summed E-state index contributed by atoms with van der Waals surface area (Å²) < 4.78 is 5.06. The maximum absolute atomic E-state index is 11.5. The van der Waals surface area contributed by atoms with Crippen molar-refractivity contribution in [2.75, 3.05) is 7.11 Å². The number of hydrogen-bond donors (Lipinski definition) is 2. The molecule has 0 saturated carbocycles. The Kier molecular flexibility index (Phi) is 3.88. The zero-order valence-corrected chi connectivity index (χ0v) is 10.5. The van der Waals surface area contributed by atoms with Crippen LogP contribution in [0.25, 0.3) is 0 Å². The summed E-state index contributed by atoms with van der Waals surface area (Å²) in [5, 5.41) is 0. The molecule has 0 spiro atoms. The molecule has 0 atom stereocenters. The van der Waals surface area contributed by atoms with Crippen molar-refractivity contribution in [2.45, 2.75) is 10.6 Å². The number of rotatable bonds is 4. The van der Waals surface area contributed by atoms with E-state index in [1.807, 2.05) is 24.3 Å². The molecule has 0 aliphatic carbocycles. The minimum Gasteiger partial charge on any atom is -0.497 e. The van der Waals surface area contributed by atoms with Crippen LogP contribution >= 0.6 is 11.8 Å². The lowest BCUT2D eigenvalue weighted by Crippen LogP contribution is -2.24. The van der Waals surface area contributed by atoms with Gasteiger partial charge in [-0.25, -0.2) is 4.79 Å². The summed E-state index contributed by atoms with van der Waals surface area (Å²) in [5.41, 5.74) is -0.298. The van der Waals surface area contributed by atoms with Crippen LogP contribution in [0.3, 0.4) is 0 Å². The van der Waals surface area contributed by atoms with E-state index in [-0.39, 0.29) is 5.56 Å². The van der Waals surface area contributed by atoms with E-state index in [0.29, 0.717) is 11.3 Å². The van der Waals surface area contributed by atoms with Crippen molar-refractivity contribution in [1.82, 2.24) is 9.97 Å². The number of ether oxygens (including phenoxy) is 1. The maximum Gasteiger partial charge on any atom is 0.325 e. The second-order valence-electron chi connectivity index (χ2n) is 3.56. The molecule has 0 aliphatic heterocycles. The van der Waals surface area contributed by atoms with Crippen molar-refractivity contribution in [3.8, 4) is 5.75 Å². The van der Waals surface area contributed by atoms with Crippen LogP contribution in [0.4, 0.5) is 0 Å². The molecule has 2 rings (SSSR count). The molecule has 1 aromatic heterocycles. The van der Waals surface area contributed by atoms with Gasteiger partial charge < -0.3 is 9.72 Å². The largest absolute Gasteiger partial charge is 0.497 e. The van der Waals surface area contributed by atoms with Crippen LogP contribution < -0.4 is 16.0 Å². The smallest absolute Gasteiger partial charge is 0.325 e. The number of H-pyrrole nitrogens is 2.